The van der Waals surface area contributed by atoms with Crippen LogP contribution in [0.5, 0.6) is 0 Å². The molecule has 0 unspecified atom stereocenters. The average Bonchev–Trinajstić information content (AvgIpc) is 3.49. The minimum absolute atomic E-state index is 0.185. The van der Waals surface area contributed by atoms with Crippen molar-refractivity contribution in [3.8, 4) is 11.3 Å². The van der Waals surface area contributed by atoms with Crippen molar-refractivity contribution < 1.29 is 4.42 Å². The first-order valence-electron chi connectivity index (χ1n) is 10.6. The molecule has 0 aliphatic rings. The summed E-state index contributed by atoms with van der Waals surface area (Å²) in [7, 11) is 3.97. The van der Waals surface area contributed by atoms with E-state index in [0.29, 0.717) is 22.2 Å². The van der Waals surface area contributed by atoms with Gasteiger partial charge in [-0.05, 0) is 42.5 Å². The van der Waals surface area contributed by atoms with Gasteiger partial charge in [0.15, 0.2) is 5.84 Å². The Bertz CT molecular complexity index is 1500. The maximum Gasteiger partial charge on any atom is 0.324 e. The topological polar surface area (TPSA) is 82.1 Å². The predicted octanol–water partition coefficient (Wildman–Crippen LogP) is 7.40. The van der Waals surface area contributed by atoms with Crippen LogP contribution >= 0.6 is 11.6 Å². The van der Waals surface area contributed by atoms with E-state index in [2.05, 4.69) is 25.2 Å². The molecule has 0 amide bonds. The second kappa shape index (κ2) is 9.33. The summed E-state index contributed by atoms with van der Waals surface area (Å²) in [6, 6.07) is 23.3. The highest BCUT2D eigenvalue weighted by Gasteiger charge is 2.13. The Morgan fingerprint density at radius 2 is 1.74 bits per heavy atom. The molecule has 0 aliphatic carbocycles. The van der Waals surface area contributed by atoms with Crippen molar-refractivity contribution in [1.82, 2.24) is 9.97 Å². The van der Waals surface area contributed by atoms with E-state index in [9.17, 15) is 0 Å². The van der Waals surface area contributed by atoms with Gasteiger partial charge >= 0.3 is 6.01 Å². The number of oxazole rings is 1. The molecule has 0 aliphatic heterocycles. The van der Waals surface area contributed by atoms with Gasteiger partial charge in [-0.3, -0.25) is 0 Å². The largest absolute Gasteiger partial charge is 0.430 e. The molecule has 8 heteroatoms. The van der Waals surface area contributed by atoms with Crippen LogP contribution < -0.4 is 4.90 Å². The van der Waals surface area contributed by atoms with Crippen molar-refractivity contribution >= 4 is 45.7 Å². The lowest BCUT2D eigenvalue weighted by Gasteiger charge is -2.12. The van der Waals surface area contributed by atoms with Crippen LogP contribution in [0.4, 0.5) is 17.4 Å². The van der Waals surface area contributed by atoms with Gasteiger partial charge in [0.05, 0.1) is 5.02 Å². The maximum absolute atomic E-state index is 6.24. The number of azo groups is 1. The van der Waals surface area contributed by atoms with Crippen LogP contribution in [0, 0.1) is 0 Å². The van der Waals surface area contributed by atoms with Crippen molar-refractivity contribution in [2.24, 2.45) is 15.2 Å². The third-order valence-corrected chi connectivity index (χ3v) is 5.63. The zero-order chi connectivity index (χ0) is 23.5. The second-order valence-electron chi connectivity index (χ2n) is 7.79. The molecule has 2 aromatic heterocycles. The molecule has 0 radical (unpaired) electrons. The van der Waals surface area contributed by atoms with E-state index in [-0.39, 0.29) is 6.01 Å². The SMILES string of the molecule is CN(C)c1ccc(/C(N=Nc2ccccc2Cl)=N\c2nc(-c3c[nH]c4ccccc34)co2)cc1. The van der Waals surface area contributed by atoms with Gasteiger partial charge in [0.2, 0.25) is 0 Å². The lowest BCUT2D eigenvalue weighted by Crippen LogP contribution is -2.08. The first-order chi connectivity index (χ1) is 16.6. The van der Waals surface area contributed by atoms with Gasteiger partial charge in [-0.2, -0.15) is 9.98 Å². The molecule has 168 valence electrons. The molecule has 7 nitrogen and oxygen atoms in total. The normalized spacial score (nSPS) is 12.0. The van der Waals surface area contributed by atoms with E-state index in [4.69, 9.17) is 16.0 Å². The fraction of sp³-hybridized carbons (Fsp3) is 0.0769. The van der Waals surface area contributed by atoms with E-state index < -0.39 is 0 Å². The van der Waals surface area contributed by atoms with Crippen LogP contribution in [0.25, 0.3) is 22.2 Å². The molecule has 0 saturated carbocycles. The summed E-state index contributed by atoms with van der Waals surface area (Å²) < 4.78 is 5.68. The van der Waals surface area contributed by atoms with E-state index >= 15 is 0 Å². The number of aromatic amines is 1. The molecule has 0 saturated heterocycles. The van der Waals surface area contributed by atoms with Crippen molar-refractivity contribution in [3.05, 3.63) is 95.8 Å². The molecule has 2 heterocycles. The molecule has 3 aromatic carbocycles. The Morgan fingerprint density at radius 1 is 0.971 bits per heavy atom. The molecular weight excluding hydrogens is 448 g/mol. The number of halogens is 1. The Hall–Kier alpha value is -4.23. The third kappa shape index (κ3) is 4.46. The van der Waals surface area contributed by atoms with Gasteiger partial charge in [-0.15, -0.1) is 10.2 Å². The van der Waals surface area contributed by atoms with Crippen LogP contribution in [0.15, 0.2) is 105 Å². The van der Waals surface area contributed by atoms with E-state index in [1.54, 1.807) is 18.4 Å². The van der Waals surface area contributed by atoms with Gasteiger partial charge in [-0.25, -0.2) is 0 Å². The zero-order valence-electron chi connectivity index (χ0n) is 18.6. The van der Waals surface area contributed by atoms with E-state index in [1.807, 2.05) is 85.9 Å². The monoisotopic (exact) mass is 468 g/mol. The van der Waals surface area contributed by atoms with Gasteiger partial charge in [0.1, 0.15) is 17.6 Å². The molecule has 0 bridgehead atoms. The predicted molar refractivity (Wildman–Crippen MR) is 137 cm³/mol. The summed E-state index contributed by atoms with van der Waals surface area (Å²) in [4.78, 5) is 14.4. The molecule has 0 atom stereocenters. The number of aliphatic imine (C=N–C) groups is 1. The number of nitrogens with zero attached hydrogens (tertiary/aromatic N) is 5. The molecule has 1 N–H and O–H groups in total. The van der Waals surface area contributed by atoms with Crippen molar-refractivity contribution in [1.29, 1.82) is 0 Å². The molecule has 0 spiro atoms. The number of aromatic nitrogens is 2. The highest BCUT2D eigenvalue weighted by atomic mass is 35.5. The summed E-state index contributed by atoms with van der Waals surface area (Å²) in [6.45, 7) is 0. The van der Waals surface area contributed by atoms with Gasteiger partial charge in [0.25, 0.3) is 0 Å². The number of hydrogen-bond donors (Lipinski definition) is 1. The first kappa shape index (κ1) is 21.6. The molecule has 5 rings (SSSR count). The lowest BCUT2D eigenvalue weighted by atomic mass is 10.1. The third-order valence-electron chi connectivity index (χ3n) is 5.31. The number of hydrogen-bond acceptors (Lipinski definition) is 5. The van der Waals surface area contributed by atoms with Crippen LogP contribution in [-0.4, -0.2) is 29.9 Å². The minimum atomic E-state index is 0.185. The van der Waals surface area contributed by atoms with Crippen LogP contribution in [-0.2, 0) is 0 Å². The van der Waals surface area contributed by atoms with Gasteiger partial charge in [-0.1, -0.05) is 41.9 Å². The lowest BCUT2D eigenvalue weighted by molar-refractivity contribution is 0.570. The van der Waals surface area contributed by atoms with Crippen LogP contribution in [0.3, 0.4) is 0 Å². The summed E-state index contributed by atoms with van der Waals surface area (Å²) in [5, 5.41) is 10.3. The Morgan fingerprint density at radius 3 is 2.53 bits per heavy atom. The first-order valence-corrected chi connectivity index (χ1v) is 11.0. The average molecular weight is 469 g/mol. The van der Waals surface area contributed by atoms with Crippen molar-refractivity contribution in [2.75, 3.05) is 19.0 Å². The number of H-pyrrole nitrogens is 1. The van der Waals surface area contributed by atoms with Crippen LogP contribution in [0.1, 0.15) is 5.56 Å². The minimum Gasteiger partial charge on any atom is -0.430 e. The molecule has 34 heavy (non-hydrogen) atoms. The fourth-order valence-corrected chi connectivity index (χ4v) is 3.67. The Balaban J connectivity index is 1.53. The summed E-state index contributed by atoms with van der Waals surface area (Å²) in [5.74, 6) is 0.359. The standard InChI is InChI=1S/C26H21ClN6O/c1-33(2)18-13-11-17(12-14-18)25(32-31-23-10-6-4-8-21(23)27)30-26-29-24(16-34-26)20-15-28-22-9-5-3-7-19(20)22/h3-16,28H,1-2H3/b30-25+,32-31?. The molecular formula is C26H21ClN6O. The van der Waals surface area contributed by atoms with E-state index in [1.165, 1.54) is 0 Å². The highest BCUT2D eigenvalue weighted by Crippen LogP contribution is 2.30. The number of para-hydroxylation sites is 1. The number of rotatable bonds is 5. The number of fused-ring (bicyclic) bond motifs is 1. The van der Waals surface area contributed by atoms with Gasteiger partial charge < -0.3 is 14.3 Å². The molecule has 0 fully saturated rings. The quantitative estimate of drug-likeness (QED) is 0.166. The second-order valence-corrected chi connectivity index (χ2v) is 8.20. The zero-order valence-corrected chi connectivity index (χ0v) is 19.4. The molecule has 5 aromatic rings. The summed E-state index contributed by atoms with van der Waals surface area (Å²) >= 11 is 6.24. The Kier molecular flexibility index (Phi) is 5.93. The number of nitrogens with one attached hydrogen (secondary N) is 1. The smallest absolute Gasteiger partial charge is 0.324 e. The summed E-state index contributed by atoms with van der Waals surface area (Å²) in [5.41, 5.74) is 5.03. The van der Waals surface area contributed by atoms with Crippen molar-refractivity contribution in [2.45, 2.75) is 0 Å². The fourth-order valence-electron chi connectivity index (χ4n) is 3.50. The highest BCUT2D eigenvalue weighted by molar-refractivity contribution is 6.32. The van der Waals surface area contributed by atoms with Crippen molar-refractivity contribution in [3.63, 3.8) is 0 Å². The Labute approximate surface area is 201 Å². The van der Waals surface area contributed by atoms with Gasteiger partial charge in [0, 0.05) is 48.0 Å². The summed E-state index contributed by atoms with van der Waals surface area (Å²) in [6.07, 6.45) is 3.50. The van der Waals surface area contributed by atoms with E-state index in [0.717, 1.165) is 27.7 Å². The maximum atomic E-state index is 6.24. The van der Waals surface area contributed by atoms with Crippen LogP contribution in [0.2, 0.25) is 5.02 Å². The number of anilines is 1. The number of amidine groups is 1. The number of benzene rings is 3.